The van der Waals surface area contributed by atoms with Crippen LogP contribution in [0.2, 0.25) is 0 Å². The number of rotatable bonds is 9. The van der Waals surface area contributed by atoms with Crippen LogP contribution in [0.1, 0.15) is 24.8 Å². The molecule has 4 heterocycles. The van der Waals surface area contributed by atoms with E-state index in [9.17, 15) is 8.42 Å². The second-order valence-corrected chi connectivity index (χ2v) is 12.7. The number of ether oxygens (including phenoxy) is 2. The van der Waals surface area contributed by atoms with Gasteiger partial charge in [0.1, 0.15) is 5.82 Å². The highest BCUT2D eigenvalue weighted by molar-refractivity contribution is 7.92. The number of methoxy groups -OCH3 is 1. The topological polar surface area (TPSA) is 100 Å². The number of nitrogens with zero attached hydrogens (tertiary/aromatic N) is 5. The fourth-order valence-electron chi connectivity index (χ4n) is 5.77. The molecular formula is C30H37FN6O4S. The average molecular weight is 597 g/mol. The van der Waals surface area contributed by atoms with Crippen LogP contribution in [0.4, 0.5) is 15.8 Å². The van der Waals surface area contributed by atoms with E-state index >= 15 is 4.39 Å². The molecule has 10 nitrogen and oxygen atoms in total. The third kappa shape index (κ3) is 6.36. The summed E-state index contributed by atoms with van der Waals surface area (Å²) in [5.41, 5.74) is 2.47. The van der Waals surface area contributed by atoms with Gasteiger partial charge in [-0.25, -0.2) is 17.8 Å². The monoisotopic (exact) mass is 596 g/mol. The lowest BCUT2D eigenvalue weighted by Crippen LogP contribution is -2.51. The molecule has 2 saturated heterocycles. The van der Waals surface area contributed by atoms with Gasteiger partial charge >= 0.3 is 0 Å². The van der Waals surface area contributed by atoms with E-state index in [1.54, 1.807) is 24.4 Å². The van der Waals surface area contributed by atoms with Crippen LogP contribution in [-0.4, -0.2) is 93.8 Å². The van der Waals surface area contributed by atoms with Crippen LogP contribution in [0.5, 0.6) is 5.88 Å². The van der Waals surface area contributed by atoms with E-state index in [4.69, 9.17) is 9.47 Å². The fourth-order valence-corrected chi connectivity index (χ4v) is 6.96. The van der Waals surface area contributed by atoms with Gasteiger partial charge in [-0.05, 0) is 48.7 Å². The van der Waals surface area contributed by atoms with E-state index in [0.717, 1.165) is 37.8 Å². The van der Waals surface area contributed by atoms with E-state index < -0.39 is 15.8 Å². The predicted octanol–water partition coefficient (Wildman–Crippen LogP) is 3.60. The molecule has 0 atom stereocenters. The molecule has 6 rings (SSSR count). The average Bonchev–Trinajstić information content (AvgIpc) is 2.97. The van der Waals surface area contributed by atoms with Crippen molar-refractivity contribution in [3.63, 3.8) is 0 Å². The maximum Gasteiger partial charge on any atom is 0.267 e. The maximum atomic E-state index is 15.3. The molecule has 0 amide bonds. The molecule has 1 aliphatic carbocycles. The highest BCUT2D eigenvalue weighted by Gasteiger charge is 2.28. The Morgan fingerprint density at radius 2 is 1.81 bits per heavy atom. The number of hydrogen-bond donors (Lipinski definition) is 1. The van der Waals surface area contributed by atoms with Crippen molar-refractivity contribution in [3.05, 3.63) is 60.2 Å². The quantitative estimate of drug-likeness (QED) is 0.397. The summed E-state index contributed by atoms with van der Waals surface area (Å²) in [5, 5.41) is 0. The van der Waals surface area contributed by atoms with Crippen LogP contribution in [0, 0.1) is 5.82 Å². The number of sulfonamides is 1. The van der Waals surface area contributed by atoms with Gasteiger partial charge in [0.25, 0.3) is 10.0 Å². The number of pyridine rings is 2. The van der Waals surface area contributed by atoms with Crippen LogP contribution in [0.25, 0.3) is 11.3 Å². The molecule has 1 saturated carbocycles. The summed E-state index contributed by atoms with van der Waals surface area (Å²) in [7, 11) is -2.71. The number of hydrogen-bond acceptors (Lipinski definition) is 9. The number of benzene rings is 1. The number of anilines is 2. The first-order valence-corrected chi connectivity index (χ1v) is 16.0. The van der Waals surface area contributed by atoms with Crippen molar-refractivity contribution in [1.82, 2.24) is 19.8 Å². The normalized spacial score (nSPS) is 19.0. The van der Waals surface area contributed by atoms with Crippen molar-refractivity contribution in [2.75, 3.05) is 69.2 Å². The Balaban J connectivity index is 1.15. The summed E-state index contributed by atoms with van der Waals surface area (Å²) >= 11 is 0. The summed E-state index contributed by atoms with van der Waals surface area (Å²) in [6.07, 6.45) is 7.03. The summed E-state index contributed by atoms with van der Waals surface area (Å²) in [4.78, 5) is 15.4. The van der Waals surface area contributed by atoms with Gasteiger partial charge in [0.05, 0.1) is 43.6 Å². The molecule has 42 heavy (non-hydrogen) atoms. The van der Waals surface area contributed by atoms with Gasteiger partial charge in [0, 0.05) is 63.6 Å². The van der Waals surface area contributed by atoms with E-state index in [2.05, 4.69) is 24.5 Å². The molecule has 12 heteroatoms. The Morgan fingerprint density at radius 3 is 2.50 bits per heavy atom. The summed E-state index contributed by atoms with van der Waals surface area (Å²) in [6.45, 7) is 7.18. The summed E-state index contributed by atoms with van der Waals surface area (Å²) in [5.74, 6) is -0.405. The molecular weight excluding hydrogens is 559 g/mol. The summed E-state index contributed by atoms with van der Waals surface area (Å²) < 4.78 is 55.5. The molecule has 3 aliphatic rings. The highest BCUT2D eigenvalue weighted by Crippen LogP contribution is 2.31. The zero-order valence-electron chi connectivity index (χ0n) is 23.8. The molecule has 2 aliphatic heterocycles. The number of morpholine rings is 1. The Bertz CT molecular complexity index is 1510. The number of halogens is 1. The Hall–Kier alpha value is -3.32. The lowest BCUT2D eigenvalue weighted by molar-refractivity contribution is 0.0587. The number of aromatic nitrogens is 2. The van der Waals surface area contributed by atoms with E-state index in [1.807, 2.05) is 11.0 Å². The van der Waals surface area contributed by atoms with Crippen LogP contribution >= 0.6 is 0 Å². The number of nitrogens with one attached hydrogen (secondary N) is 1. The van der Waals surface area contributed by atoms with Crippen molar-refractivity contribution >= 4 is 21.4 Å². The van der Waals surface area contributed by atoms with E-state index in [0.29, 0.717) is 49.8 Å². The molecule has 0 spiro atoms. The Kier molecular flexibility index (Phi) is 8.57. The first-order valence-electron chi connectivity index (χ1n) is 14.5. The van der Waals surface area contributed by atoms with E-state index in [1.165, 1.54) is 44.7 Å². The van der Waals surface area contributed by atoms with Crippen molar-refractivity contribution < 1.29 is 22.3 Å². The minimum Gasteiger partial charge on any atom is -0.480 e. The van der Waals surface area contributed by atoms with Crippen molar-refractivity contribution in [2.45, 2.75) is 36.7 Å². The van der Waals surface area contributed by atoms with Crippen LogP contribution in [0.15, 0.2) is 53.7 Å². The Morgan fingerprint density at radius 1 is 1.02 bits per heavy atom. The third-order valence-electron chi connectivity index (χ3n) is 8.39. The zero-order chi connectivity index (χ0) is 29.1. The molecule has 3 fully saturated rings. The molecule has 0 unspecified atom stereocenters. The van der Waals surface area contributed by atoms with Crippen LogP contribution < -0.4 is 14.4 Å². The minimum atomic E-state index is -4.08. The highest BCUT2D eigenvalue weighted by atomic mass is 32.2. The molecule has 1 aromatic carbocycles. The lowest BCUT2D eigenvalue weighted by atomic mass is 9.91. The zero-order valence-corrected chi connectivity index (χ0v) is 24.7. The minimum absolute atomic E-state index is 0.0140. The largest absolute Gasteiger partial charge is 0.480 e. The van der Waals surface area contributed by atoms with Crippen molar-refractivity contribution in [1.29, 1.82) is 0 Å². The standard InChI is InChI=1S/C30H37FN6O4S/c1-40-30-29(19-25(20-33-30)37-13-15-41-16-14-37)42(38,39)34-23-7-8-32-28(18-23)26-6-5-22(17-27(26)31)21-35-9-11-36(12-10-35)24-3-2-4-24/h5-8,17-20,24H,2-4,9-16,21H2,1H3,(H,32,34). The second-order valence-electron chi connectivity index (χ2n) is 11.0. The van der Waals surface area contributed by atoms with Crippen LogP contribution in [0.3, 0.4) is 0 Å². The first kappa shape index (κ1) is 28.8. The first-order chi connectivity index (χ1) is 20.4. The van der Waals surface area contributed by atoms with Gasteiger partial charge in [-0.15, -0.1) is 0 Å². The molecule has 2 aromatic heterocycles. The van der Waals surface area contributed by atoms with E-state index in [-0.39, 0.29) is 16.5 Å². The second kappa shape index (κ2) is 12.5. The number of piperazine rings is 1. The predicted molar refractivity (Wildman–Crippen MR) is 159 cm³/mol. The van der Waals surface area contributed by atoms with Crippen LogP contribution in [-0.2, 0) is 21.3 Å². The smallest absolute Gasteiger partial charge is 0.267 e. The van der Waals surface area contributed by atoms with Crippen molar-refractivity contribution in [3.8, 4) is 17.1 Å². The SMILES string of the molecule is COc1ncc(N2CCOCC2)cc1S(=O)(=O)Nc1ccnc(-c2ccc(CN3CCN(C4CCC4)CC3)cc2F)c1. The van der Waals surface area contributed by atoms with Gasteiger partial charge in [0.15, 0.2) is 4.90 Å². The lowest BCUT2D eigenvalue weighted by Gasteiger charge is -2.43. The summed E-state index contributed by atoms with van der Waals surface area (Å²) in [6, 6.07) is 10.6. The molecule has 1 N–H and O–H groups in total. The van der Waals surface area contributed by atoms with Crippen molar-refractivity contribution in [2.24, 2.45) is 0 Å². The van der Waals surface area contributed by atoms with Gasteiger partial charge in [-0.3, -0.25) is 19.5 Å². The Labute approximate surface area is 246 Å². The molecule has 0 bridgehead atoms. The van der Waals surface area contributed by atoms with Gasteiger partial charge in [-0.2, -0.15) is 0 Å². The van der Waals surface area contributed by atoms with Gasteiger partial charge in [0.2, 0.25) is 5.88 Å². The molecule has 3 aromatic rings. The van der Waals surface area contributed by atoms with Gasteiger partial charge < -0.3 is 14.4 Å². The maximum absolute atomic E-state index is 15.3. The van der Waals surface area contributed by atoms with Gasteiger partial charge in [-0.1, -0.05) is 12.5 Å². The fraction of sp³-hybridized carbons (Fsp3) is 0.467. The third-order valence-corrected chi connectivity index (χ3v) is 9.76. The molecule has 0 radical (unpaired) electrons. The molecule has 224 valence electrons.